The molecule has 0 unspecified atom stereocenters. The average molecular weight is 406 g/mol. The molecule has 1 aliphatic rings. The molecule has 1 atom stereocenters. The van der Waals surface area contributed by atoms with E-state index in [0.717, 1.165) is 5.41 Å². The third-order valence-corrected chi connectivity index (χ3v) is 5.69. The van der Waals surface area contributed by atoms with Crippen molar-refractivity contribution >= 4 is 39.0 Å². The minimum atomic E-state index is -3.20. The van der Waals surface area contributed by atoms with Gasteiger partial charge in [0.05, 0.1) is 22.8 Å². The van der Waals surface area contributed by atoms with Crippen LogP contribution in [0.25, 0.3) is 0 Å². The quantitative estimate of drug-likeness (QED) is 0.607. The molecule has 6 nitrogen and oxygen atoms in total. The number of benzene rings is 2. The summed E-state index contributed by atoms with van der Waals surface area (Å²) in [6, 6.07) is 13.0. The number of sulfone groups is 1. The monoisotopic (exact) mass is 405 g/mol. The Morgan fingerprint density at radius 1 is 1.11 bits per heavy atom. The predicted molar refractivity (Wildman–Crippen MR) is 103 cm³/mol. The summed E-state index contributed by atoms with van der Waals surface area (Å²) >= 11 is 5.99. The van der Waals surface area contributed by atoms with Crippen LogP contribution in [-0.4, -0.2) is 26.0 Å². The van der Waals surface area contributed by atoms with Crippen molar-refractivity contribution in [2.45, 2.75) is 6.42 Å². The fourth-order valence-electron chi connectivity index (χ4n) is 2.60. The molecule has 0 aromatic heterocycles. The molecule has 1 aliphatic heterocycles. The lowest BCUT2D eigenvalue weighted by molar-refractivity contribution is -0.134. The van der Waals surface area contributed by atoms with Gasteiger partial charge in [-0.2, -0.15) is 0 Å². The first-order valence-corrected chi connectivity index (χ1v) is 10.2. The summed E-state index contributed by atoms with van der Waals surface area (Å²) in [4.78, 5) is 24.1. The lowest BCUT2D eigenvalue weighted by Crippen LogP contribution is -2.15. The standard InChI is InChI=1S/C19H16ClNO5S/c20-17-4-2-1-3-16(17)19(23)21-14-5-7-15(8-6-14)26-18(22)11-13-9-10-27(24,25)12-13/h1-10,13H,11-12H2,(H,21,23)/t13-/m0/s1. The highest BCUT2D eigenvalue weighted by atomic mass is 35.5. The van der Waals surface area contributed by atoms with Gasteiger partial charge in [0.25, 0.3) is 5.91 Å². The molecule has 2 aromatic rings. The van der Waals surface area contributed by atoms with Crippen LogP contribution in [0.2, 0.25) is 5.02 Å². The van der Waals surface area contributed by atoms with E-state index < -0.39 is 15.8 Å². The Hall–Kier alpha value is -2.64. The van der Waals surface area contributed by atoms with Crippen molar-refractivity contribution in [1.29, 1.82) is 0 Å². The SMILES string of the molecule is O=C(C[C@@H]1C=CS(=O)(=O)C1)Oc1ccc(NC(=O)c2ccccc2Cl)cc1. The van der Waals surface area contributed by atoms with Crippen molar-refractivity contribution in [2.75, 3.05) is 11.1 Å². The molecule has 1 N–H and O–H groups in total. The predicted octanol–water partition coefficient (Wildman–Crippen LogP) is 3.45. The zero-order valence-electron chi connectivity index (χ0n) is 14.1. The van der Waals surface area contributed by atoms with Crippen LogP contribution in [-0.2, 0) is 14.6 Å². The number of hydrogen-bond acceptors (Lipinski definition) is 5. The first-order valence-electron chi connectivity index (χ1n) is 8.10. The molecule has 3 rings (SSSR count). The zero-order chi connectivity index (χ0) is 19.4. The van der Waals surface area contributed by atoms with Crippen LogP contribution in [0.15, 0.2) is 60.0 Å². The number of allylic oxidation sites excluding steroid dienone is 1. The highest BCUT2D eigenvalue weighted by Gasteiger charge is 2.24. The fraction of sp³-hybridized carbons (Fsp3) is 0.158. The molecule has 1 heterocycles. The largest absolute Gasteiger partial charge is 0.427 e. The number of esters is 1. The van der Waals surface area contributed by atoms with Crippen molar-refractivity contribution in [3.63, 3.8) is 0 Å². The van der Waals surface area contributed by atoms with E-state index in [-0.39, 0.29) is 24.0 Å². The molecular formula is C19H16ClNO5S. The number of rotatable bonds is 5. The molecule has 0 aliphatic carbocycles. The number of amides is 1. The van der Waals surface area contributed by atoms with Crippen LogP contribution in [0.3, 0.4) is 0 Å². The van der Waals surface area contributed by atoms with Gasteiger partial charge in [-0.25, -0.2) is 8.42 Å². The van der Waals surface area contributed by atoms with Crippen molar-refractivity contribution in [3.05, 3.63) is 70.6 Å². The van der Waals surface area contributed by atoms with Gasteiger partial charge in [-0.05, 0) is 36.4 Å². The van der Waals surface area contributed by atoms with Crippen molar-refractivity contribution in [1.82, 2.24) is 0 Å². The van der Waals surface area contributed by atoms with Gasteiger partial charge in [-0.1, -0.05) is 29.8 Å². The summed E-state index contributed by atoms with van der Waals surface area (Å²) in [5.41, 5.74) is 0.874. The molecule has 2 aromatic carbocycles. The molecule has 0 fully saturated rings. The van der Waals surface area contributed by atoms with Crippen molar-refractivity contribution < 1.29 is 22.7 Å². The first-order chi connectivity index (χ1) is 12.8. The number of hydrogen-bond donors (Lipinski definition) is 1. The Kier molecular flexibility index (Phi) is 5.62. The molecular weight excluding hydrogens is 390 g/mol. The molecule has 0 radical (unpaired) electrons. The number of nitrogens with one attached hydrogen (secondary N) is 1. The van der Waals surface area contributed by atoms with Gasteiger partial charge < -0.3 is 10.1 Å². The molecule has 0 saturated carbocycles. The van der Waals surface area contributed by atoms with E-state index in [2.05, 4.69) is 5.32 Å². The van der Waals surface area contributed by atoms with Gasteiger partial charge >= 0.3 is 5.97 Å². The highest BCUT2D eigenvalue weighted by molar-refractivity contribution is 7.94. The zero-order valence-corrected chi connectivity index (χ0v) is 15.7. The van der Waals surface area contributed by atoms with E-state index in [0.29, 0.717) is 22.0 Å². The second kappa shape index (κ2) is 7.94. The van der Waals surface area contributed by atoms with E-state index in [1.807, 2.05) is 0 Å². The molecule has 1 amide bonds. The number of carbonyl (C=O) groups is 2. The summed E-state index contributed by atoms with van der Waals surface area (Å²) in [7, 11) is -3.20. The molecule has 8 heteroatoms. The van der Waals surface area contributed by atoms with Crippen molar-refractivity contribution in [2.24, 2.45) is 5.92 Å². The summed E-state index contributed by atoms with van der Waals surface area (Å²) < 4.78 is 27.9. The molecule has 0 bridgehead atoms. The summed E-state index contributed by atoms with van der Waals surface area (Å²) in [6.45, 7) is 0. The van der Waals surface area contributed by atoms with Gasteiger partial charge in [0.15, 0.2) is 9.84 Å². The Balaban J connectivity index is 1.56. The van der Waals surface area contributed by atoms with E-state index in [1.54, 1.807) is 48.5 Å². The fourth-order valence-corrected chi connectivity index (χ4v) is 4.22. The van der Waals surface area contributed by atoms with Crippen LogP contribution in [0.1, 0.15) is 16.8 Å². The van der Waals surface area contributed by atoms with Crippen LogP contribution in [0.5, 0.6) is 5.75 Å². The summed E-state index contributed by atoms with van der Waals surface area (Å²) in [5, 5.41) is 4.18. The third kappa shape index (κ3) is 5.18. The maximum atomic E-state index is 12.2. The van der Waals surface area contributed by atoms with Gasteiger partial charge in [-0.15, -0.1) is 0 Å². The maximum absolute atomic E-state index is 12.2. The highest BCUT2D eigenvalue weighted by Crippen LogP contribution is 2.22. The van der Waals surface area contributed by atoms with E-state index in [9.17, 15) is 18.0 Å². The minimum Gasteiger partial charge on any atom is -0.427 e. The molecule has 0 saturated heterocycles. The second-order valence-electron chi connectivity index (χ2n) is 6.05. The minimum absolute atomic E-state index is 0.0132. The Morgan fingerprint density at radius 3 is 2.44 bits per heavy atom. The van der Waals surface area contributed by atoms with Crippen LogP contribution in [0.4, 0.5) is 5.69 Å². The number of anilines is 1. The molecule has 27 heavy (non-hydrogen) atoms. The number of ether oxygens (including phenoxy) is 1. The van der Waals surface area contributed by atoms with Gasteiger partial charge in [-0.3, -0.25) is 9.59 Å². The topological polar surface area (TPSA) is 89.5 Å². The maximum Gasteiger partial charge on any atom is 0.311 e. The summed E-state index contributed by atoms with van der Waals surface area (Å²) in [6.07, 6.45) is 1.49. The third-order valence-electron chi connectivity index (χ3n) is 3.90. The van der Waals surface area contributed by atoms with Crippen molar-refractivity contribution in [3.8, 4) is 5.75 Å². The van der Waals surface area contributed by atoms with Crippen LogP contribution in [0, 0.1) is 5.92 Å². The number of halogens is 1. The Bertz CT molecular complexity index is 999. The Labute approximate surface area is 161 Å². The van der Waals surface area contributed by atoms with Crippen LogP contribution < -0.4 is 10.1 Å². The van der Waals surface area contributed by atoms with Gasteiger partial charge in [0.2, 0.25) is 0 Å². The first kappa shape index (κ1) is 19.1. The summed E-state index contributed by atoms with van der Waals surface area (Å²) in [5.74, 6) is -0.999. The average Bonchev–Trinajstić information content (AvgIpc) is 2.95. The van der Waals surface area contributed by atoms with E-state index in [1.165, 1.54) is 6.08 Å². The van der Waals surface area contributed by atoms with Gasteiger partial charge in [0.1, 0.15) is 5.75 Å². The van der Waals surface area contributed by atoms with E-state index in [4.69, 9.17) is 16.3 Å². The lowest BCUT2D eigenvalue weighted by atomic mass is 10.1. The number of carbonyl (C=O) groups excluding carboxylic acids is 2. The van der Waals surface area contributed by atoms with Crippen LogP contribution >= 0.6 is 11.6 Å². The molecule has 140 valence electrons. The lowest BCUT2D eigenvalue weighted by Gasteiger charge is -2.09. The smallest absolute Gasteiger partial charge is 0.311 e. The Morgan fingerprint density at radius 2 is 1.81 bits per heavy atom. The second-order valence-corrected chi connectivity index (χ2v) is 8.39. The van der Waals surface area contributed by atoms with Gasteiger partial charge in [0, 0.05) is 17.0 Å². The normalized spacial score (nSPS) is 17.4. The molecule has 0 spiro atoms. The van der Waals surface area contributed by atoms with E-state index >= 15 is 0 Å².